The Bertz CT molecular complexity index is 297. The van der Waals surface area contributed by atoms with Crippen molar-refractivity contribution in [1.82, 2.24) is 9.36 Å². The second kappa shape index (κ2) is 4.92. The zero-order valence-electron chi connectivity index (χ0n) is 10.3. The zero-order valence-corrected chi connectivity index (χ0v) is 11.1. The highest BCUT2D eigenvalue weighted by Gasteiger charge is 2.19. The number of nitrogens with one attached hydrogen (secondary N) is 1. The maximum atomic E-state index is 4.51. The zero-order chi connectivity index (χ0) is 11.5. The molecular formula is C11H21N3S. The lowest BCUT2D eigenvalue weighted by molar-refractivity contribution is 0.554. The SMILES string of the molecule is CCC(CC)Nc1nc(C(C)(C)C)ns1. The topological polar surface area (TPSA) is 37.8 Å². The fraction of sp³-hybridized carbons (Fsp3) is 0.818. The number of rotatable bonds is 4. The molecule has 0 fully saturated rings. The van der Waals surface area contributed by atoms with Crippen LogP contribution >= 0.6 is 11.5 Å². The molecule has 0 amide bonds. The molecule has 3 nitrogen and oxygen atoms in total. The molecule has 0 aliphatic carbocycles. The number of hydrogen-bond acceptors (Lipinski definition) is 4. The molecule has 0 aliphatic heterocycles. The van der Waals surface area contributed by atoms with Gasteiger partial charge in [0.25, 0.3) is 0 Å². The van der Waals surface area contributed by atoms with Crippen molar-refractivity contribution < 1.29 is 0 Å². The lowest BCUT2D eigenvalue weighted by Gasteiger charge is -2.14. The first-order valence-electron chi connectivity index (χ1n) is 5.58. The molecule has 0 radical (unpaired) electrons. The summed E-state index contributed by atoms with van der Waals surface area (Å²) in [7, 11) is 0. The van der Waals surface area contributed by atoms with Gasteiger partial charge in [0.05, 0.1) is 0 Å². The summed E-state index contributed by atoms with van der Waals surface area (Å²) in [6, 6.07) is 0.519. The van der Waals surface area contributed by atoms with Crippen molar-refractivity contribution in [3.63, 3.8) is 0 Å². The van der Waals surface area contributed by atoms with E-state index < -0.39 is 0 Å². The highest BCUT2D eigenvalue weighted by Crippen LogP contribution is 2.23. The van der Waals surface area contributed by atoms with Crippen LogP contribution < -0.4 is 5.32 Å². The Morgan fingerprint density at radius 1 is 1.27 bits per heavy atom. The van der Waals surface area contributed by atoms with Crippen molar-refractivity contribution in [3.8, 4) is 0 Å². The number of hydrogen-bond donors (Lipinski definition) is 1. The summed E-state index contributed by atoms with van der Waals surface area (Å²) in [4.78, 5) is 4.51. The summed E-state index contributed by atoms with van der Waals surface area (Å²) in [5.41, 5.74) is 0.0460. The number of anilines is 1. The maximum absolute atomic E-state index is 4.51. The van der Waals surface area contributed by atoms with Gasteiger partial charge < -0.3 is 5.32 Å². The van der Waals surface area contributed by atoms with Crippen LogP contribution in [0.4, 0.5) is 5.13 Å². The normalized spacial score (nSPS) is 12.1. The van der Waals surface area contributed by atoms with Crippen LogP contribution in [0.25, 0.3) is 0 Å². The molecule has 0 spiro atoms. The van der Waals surface area contributed by atoms with Gasteiger partial charge in [-0.15, -0.1) is 0 Å². The van der Waals surface area contributed by atoms with Crippen LogP contribution in [-0.2, 0) is 5.41 Å². The molecular weight excluding hydrogens is 206 g/mol. The largest absolute Gasteiger partial charge is 0.358 e. The molecule has 0 atom stereocenters. The van der Waals surface area contributed by atoms with Crippen LogP contribution in [0.5, 0.6) is 0 Å². The molecule has 15 heavy (non-hydrogen) atoms. The van der Waals surface area contributed by atoms with E-state index in [0.717, 1.165) is 23.8 Å². The van der Waals surface area contributed by atoms with E-state index in [1.165, 1.54) is 11.5 Å². The third-order valence-corrected chi connectivity index (χ3v) is 3.06. The van der Waals surface area contributed by atoms with E-state index in [1.54, 1.807) is 0 Å². The highest BCUT2D eigenvalue weighted by atomic mass is 32.1. The van der Waals surface area contributed by atoms with Gasteiger partial charge in [0.15, 0.2) is 0 Å². The van der Waals surface area contributed by atoms with Gasteiger partial charge in [0, 0.05) is 23.0 Å². The third kappa shape index (κ3) is 3.45. The summed E-state index contributed by atoms with van der Waals surface area (Å²) in [6.45, 7) is 10.8. The summed E-state index contributed by atoms with van der Waals surface area (Å²) in [5, 5.41) is 4.37. The molecule has 0 aliphatic rings. The van der Waals surface area contributed by atoms with Gasteiger partial charge in [-0.1, -0.05) is 34.6 Å². The van der Waals surface area contributed by atoms with E-state index in [9.17, 15) is 0 Å². The van der Waals surface area contributed by atoms with Crippen LogP contribution in [0.2, 0.25) is 0 Å². The lowest BCUT2D eigenvalue weighted by Crippen LogP contribution is -2.17. The van der Waals surface area contributed by atoms with E-state index in [4.69, 9.17) is 0 Å². The highest BCUT2D eigenvalue weighted by molar-refractivity contribution is 7.09. The van der Waals surface area contributed by atoms with Crippen LogP contribution in [-0.4, -0.2) is 15.4 Å². The Labute approximate surface area is 96.5 Å². The summed E-state index contributed by atoms with van der Waals surface area (Å²) in [6.07, 6.45) is 2.25. The molecule has 0 bridgehead atoms. The smallest absolute Gasteiger partial charge is 0.202 e. The summed E-state index contributed by atoms with van der Waals surface area (Å²) < 4.78 is 4.38. The minimum Gasteiger partial charge on any atom is -0.358 e. The second-order valence-electron chi connectivity index (χ2n) is 4.83. The molecule has 1 aromatic heterocycles. The first kappa shape index (κ1) is 12.4. The van der Waals surface area contributed by atoms with E-state index in [0.29, 0.717) is 6.04 Å². The minimum atomic E-state index is 0.0460. The van der Waals surface area contributed by atoms with Gasteiger partial charge >= 0.3 is 0 Å². The molecule has 1 aromatic rings. The molecule has 0 saturated heterocycles. The molecule has 0 aromatic carbocycles. The first-order chi connectivity index (χ1) is 6.97. The predicted octanol–water partition coefficient (Wildman–Crippen LogP) is 3.44. The molecule has 1 heterocycles. The Hall–Kier alpha value is -0.640. The van der Waals surface area contributed by atoms with Crippen molar-refractivity contribution in [2.75, 3.05) is 5.32 Å². The number of nitrogens with zero attached hydrogens (tertiary/aromatic N) is 2. The van der Waals surface area contributed by atoms with Crippen molar-refractivity contribution >= 4 is 16.7 Å². The van der Waals surface area contributed by atoms with E-state index in [-0.39, 0.29) is 5.41 Å². The second-order valence-corrected chi connectivity index (χ2v) is 5.58. The van der Waals surface area contributed by atoms with E-state index >= 15 is 0 Å². The molecule has 0 unspecified atom stereocenters. The van der Waals surface area contributed by atoms with Gasteiger partial charge in [-0.3, -0.25) is 0 Å². The van der Waals surface area contributed by atoms with Crippen LogP contribution in [0.15, 0.2) is 0 Å². The molecule has 4 heteroatoms. The van der Waals surface area contributed by atoms with Gasteiger partial charge in [-0.25, -0.2) is 4.98 Å². The molecule has 1 rings (SSSR count). The molecule has 86 valence electrons. The van der Waals surface area contributed by atoms with E-state index in [2.05, 4.69) is 49.3 Å². The van der Waals surface area contributed by atoms with Gasteiger partial charge in [-0.05, 0) is 12.8 Å². The first-order valence-corrected chi connectivity index (χ1v) is 6.35. The van der Waals surface area contributed by atoms with Gasteiger partial charge in [0.2, 0.25) is 5.13 Å². The van der Waals surface area contributed by atoms with Gasteiger partial charge in [-0.2, -0.15) is 4.37 Å². The van der Waals surface area contributed by atoms with E-state index in [1.807, 2.05) is 0 Å². The van der Waals surface area contributed by atoms with Crippen LogP contribution in [0.1, 0.15) is 53.3 Å². The van der Waals surface area contributed by atoms with Gasteiger partial charge in [0.1, 0.15) is 5.82 Å². The minimum absolute atomic E-state index is 0.0460. The fourth-order valence-electron chi connectivity index (χ4n) is 1.25. The lowest BCUT2D eigenvalue weighted by atomic mass is 9.96. The molecule has 0 saturated carbocycles. The Balaban J connectivity index is 2.68. The summed E-state index contributed by atoms with van der Waals surface area (Å²) in [5.74, 6) is 0.931. The average molecular weight is 227 g/mol. The fourth-order valence-corrected chi connectivity index (χ4v) is 2.09. The average Bonchev–Trinajstić information content (AvgIpc) is 2.61. The quantitative estimate of drug-likeness (QED) is 0.856. The monoisotopic (exact) mass is 227 g/mol. The number of aromatic nitrogens is 2. The third-order valence-electron chi connectivity index (χ3n) is 2.41. The predicted molar refractivity (Wildman–Crippen MR) is 66.6 cm³/mol. The summed E-state index contributed by atoms with van der Waals surface area (Å²) >= 11 is 1.46. The Kier molecular flexibility index (Phi) is 4.08. The van der Waals surface area contributed by atoms with Crippen LogP contribution in [0.3, 0.4) is 0 Å². The standard InChI is InChI=1S/C11H21N3S/c1-6-8(7-2)12-10-13-9(14-15-10)11(3,4)5/h8H,6-7H2,1-5H3,(H,12,13,14). The van der Waals surface area contributed by atoms with Crippen molar-refractivity contribution in [2.24, 2.45) is 0 Å². The van der Waals surface area contributed by atoms with Crippen LogP contribution in [0, 0.1) is 0 Å². The molecule has 1 N–H and O–H groups in total. The van der Waals surface area contributed by atoms with Crippen molar-refractivity contribution in [1.29, 1.82) is 0 Å². The van der Waals surface area contributed by atoms with Crippen molar-refractivity contribution in [2.45, 2.75) is 58.9 Å². The van der Waals surface area contributed by atoms with Crippen molar-refractivity contribution in [3.05, 3.63) is 5.82 Å². The Morgan fingerprint density at radius 3 is 2.27 bits per heavy atom. The maximum Gasteiger partial charge on any atom is 0.202 e. The Morgan fingerprint density at radius 2 is 1.87 bits per heavy atom.